The molecule has 0 heterocycles. The van der Waals surface area contributed by atoms with Crippen LogP contribution in [0.15, 0.2) is 24.3 Å². The number of aliphatic hydroxyl groups excluding tert-OH is 1. The summed E-state index contributed by atoms with van der Waals surface area (Å²) in [6, 6.07) is 5.13. The predicted molar refractivity (Wildman–Crippen MR) is 41.9 cm³/mol. The van der Waals surface area contributed by atoms with Gasteiger partial charge in [0, 0.05) is 0 Å². The quantitative estimate of drug-likeness (QED) is 0.725. The number of benzene rings is 1. The van der Waals surface area contributed by atoms with E-state index in [2.05, 4.69) is 0 Å². The third kappa shape index (κ3) is 2.01. The first-order chi connectivity index (χ1) is 5.61. The summed E-state index contributed by atoms with van der Waals surface area (Å²) in [5.41, 5.74) is 0.395. The van der Waals surface area contributed by atoms with Crippen LogP contribution in [-0.4, -0.2) is 11.3 Å². The van der Waals surface area contributed by atoms with Crippen LogP contribution in [0, 0.1) is 5.82 Å². The molecule has 0 spiro atoms. The zero-order valence-corrected chi connectivity index (χ0v) is 6.67. The standard InChI is InChI=1S/C9H10F2O/c1-6(10)9(12)7-2-4-8(11)5-3-7/h2-6,9,12H,1H3. The van der Waals surface area contributed by atoms with Gasteiger partial charge in [-0.1, -0.05) is 12.1 Å². The van der Waals surface area contributed by atoms with E-state index in [0.717, 1.165) is 0 Å². The van der Waals surface area contributed by atoms with Gasteiger partial charge in [-0.3, -0.25) is 0 Å². The Bertz CT molecular complexity index is 243. The van der Waals surface area contributed by atoms with Gasteiger partial charge in [0.05, 0.1) is 0 Å². The summed E-state index contributed by atoms with van der Waals surface area (Å²) in [7, 11) is 0. The summed E-state index contributed by atoms with van der Waals surface area (Å²) in [6.45, 7) is 1.26. The second kappa shape index (κ2) is 3.63. The number of rotatable bonds is 2. The first-order valence-corrected chi connectivity index (χ1v) is 3.69. The highest BCUT2D eigenvalue weighted by atomic mass is 19.1. The normalized spacial score (nSPS) is 15.7. The fourth-order valence-electron chi connectivity index (χ4n) is 0.925. The minimum absolute atomic E-state index is 0.391. The highest BCUT2D eigenvalue weighted by molar-refractivity contribution is 5.19. The molecule has 0 saturated heterocycles. The lowest BCUT2D eigenvalue weighted by Gasteiger charge is -2.11. The molecule has 0 bridgehead atoms. The van der Waals surface area contributed by atoms with Gasteiger partial charge in [-0.15, -0.1) is 0 Å². The van der Waals surface area contributed by atoms with Gasteiger partial charge in [0.1, 0.15) is 18.1 Å². The van der Waals surface area contributed by atoms with Gasteiger partial charge in [0.2, 0.25) is 0 Å². The van der Waals surface area contributed by atoms with E-state index in [-0.39, 0.29) is 0 Å². The van der Waals surface area contributed by atoms with Crippen LogP contribution in [0.3, 0.4) is 0 Å². The lowest BCUT2D eigenvalue weighted by molar-refractivity contribution is 0.0882. The Kier molecular flexibility index (Phi) is 2.76. The second-order valence-electron chi connectivity index (χ2n) is 2.67. The number of halogens is 2. The first-order valence-electron chi connectivity index (χ1n) is 3.69. The van der Waals surface area contributed by atoms with Gasteiger partial charge in [0.25, 0.3) is 0 Å². The molecule has 12 heavy (non-hydrogen) atoms. The van der Waals surface area contributed by atoms with Crippen LogP contribution < -0.4 is 0 Å². The second-order valence-corrected chi connectivity index (χ2v) is 2.67. The van der Waals surface area contributed by atoms with E-state index in [0.29, 0.717) is 5.56 Å². The maximum absolute atomic E-state index is 12.5. The summed E-state index contributed by atoms with van der Waals surface area (Å²) >= 11 is 0. The molecule has 1 N–H and O–H groups in total. The van der Waals surface area contributed by atoms with Crippen molar-refractivity contribution in [2.24, 2.45) is 0 Å². The van der Waals surface area contributed by atoms with Crippen LogP contribution >= 0.6 is 0 Å². The number of hydrogen-bond acceptors (Lipinski definition) is 1. The van der Waals surface area contributed by atoms with E-state index in [1.165, 1.54) is 31.2 Å². The van der Waals surface area contributed by atoms with Gasteiger partial charge in [-0.2, -0.15) is 0 Å². The molecule has 1 rings (SSSR count). The first kappa shape index (κ1) is 9.13. The molecule has 1 aromatic rings. The third-order valence-electron chi connectivity index (χ3n) is 1.65. The summed E-state index contributed by atoms with van der Waals surface area (Å²) in [5, 5.41) is 9.19. The Labute approximate surface area is 69.7 Å². The zero-order valence-electron chi connectivity index (χ0n) is 6.67. The van der Waals surface area contributed by atoms with Crippen molar-refractivity contribution in [3.63, 3.8) is 0 Å². The Morgan fingerprint density at radius 1 is 1.25 bits per heavy atom. The fourth-order valence-corrected chi connectivity index (χ4v) is 0.925. The van der Waals surface area contributed by atoms with Crippen molar-refractivity contribution in [3.05, 3.63) is 35.6 Å². The molecule has 0 amide bonds. The molecule has 3 heteroatoms. The summed E-state index contributed by atoms with van der Waals surface area (Å²) in [6.07, 6.45) is -2.50. The number of aliphatic hydroxyl groups is 1. The van der Waals surface area contributed by atoms with Crippen molar-refractivity contribution >= 4 is 0 Å². The monoisotopic (exact) mass is 172 g/mol. The lowest BCUT2D eigenvalue weighted by atomic mass is 10.1. The van der Waals surface area contributed by atoms with Crippen molar-refractivity contribution in [1.29, 1.82) is 0 Å². The van der Waals surface area contributed by atoms with E-state index in [9.17, 15) is 13.9 Å². The van der Waals surface area contributed by atoms with Crippen molar-refractivity contribution in [2.75, 3.05) is 0 Å². The van der Waals surface area contributed by atoms with Crippen LogP contribution in [0.4, 0.5) is 8.78 Å². The van der Waals surface area contributed by atoms with Gasteiger partial charge >= 0.3 is 0 Å². The molecule has 0 fully saturated rings. The average molecular weight is 172 g/mol. The Hall–Kier alpha value is -0.960. The van der Waals surface area contributed by atoms with E-state index in [4.69, 9.17) is 0 Å². The molecule has 1 nitrogen and oxygen atoms in total. The summed E-state index contributed by atoms with van der Waals surface area (Å²) < 4.78 is 24.9. The van der Waals surface area contributed by atoms with Crippen LogP contribution in [0.25, 0.3) is 0 Å². The molecule has 0 saturated carbocycles. The van der Waals surface area contributed by atoms with Crippen molar-refractivity contribution < 1.29 is 13.9 Å². The molecular formula is C9H10F2O. The Morgan fingerprint density at radius 2 is 1.75 bits per heavy atom. The topological polar surface area (TPSA) is 20.2 Å². The summed E-state index contributed by atoms with van der Waals surface area (Å²) in [5.74, 6) is -0.391. The molecular weight excluding hydrogens is 162 g/mol. The molecule has 2 unspecified atom stereocenters. The molecule has 0 aliphatic carbocycles. The molecule has 66 valence electrons. The third-order valence-corrected chi connectivity index (χ3v) is 1.65. The van der Waals surface area contributed by atoms with Crippen molar-refractivity contribution in [3.8, 4) is 0 Å². The van der Waals surface area contributed by atoms with Crippen molar-refractivity contribution in [1.82, 2.24) is 0 Å². The van der Waals surface area contributed by atoms with E-state index < -0.39 is 18.1 Å². The molecule has 2 atom stereocenters. The Morgan fingerprint density at radius 3 is 2.17 bits per heavy atom. The van der Waals surface area contributed by atoms with Crippen molar-refractivity contribution in [2.45, 2.75) is 19.2 Å². The highest BCUT2D eigenvalue weighted by Crippen LogP contribution is 2.18. The highest BCUT2D eigenvalue weighted by Gasteiger charge is 2.14. The molecule has 0 aliphatic heterocycles. The smallest absolute Gasteiger partial charge is 0.127 e. The Balaban J connectivity index is 2.82. The molecule has 1 aromatic carbocycles. The van der Waals surface area contributed by atoms with E-state index >= 15 is 0 Å². The lowest BCUT2D eigenvalue weighted by Crippen LogP contribution is -2.08. The molecule has 0 aromatic heterocycles. The van der Waals surface area contributed by atoms with Gasteiger partial charge in [-0.05, 0) is 24.6 Å². The SMILES string of the molecule is CC(F)C(O)c1ccc(F)cc1. The minimum Gasteiger partial charge on any atom is -0.385 e. The van der Waals surface area contributed by atoms with Gasteiger partial charge < -0.3 is 5.11 Å². The van der Waals surface area contributed by atoms with E-state index in [1.54, 1.807) is 0 Å². The molecule has 0 radical (unpaired) electrons. The average Bonchev–Trinajstić information content (AvgIpc) is 2.04. The zero-order chi connectivity index (χ0) is 9.14. The number of alkyl halides is 1. The van der Waals surface area contributed by atoms with Crippen LogP contribution in [0.2, 0.25) is 0 Å². The fraction of sp³-hybridized carbons (Fsp3) is 0.333. The van der Waals surface area contributed by atoms with Crippen LogP contribution in [0.1, 0.15) is 18.6 Å². The number of hydrogen-bond donors (Lipinski definition) is 1. The largest absolute Gasteiger partial charge is 0.385 e. The van der Waals surface area contributed by atoms with Crippen LogP contribution in [0.5, 0.6) is 0 Å². The maximum Gasteiger partial charge on any atom is 0.127 e. The minimum atomic E-state index is -1.34. The maximum atomic E-state index is 12.5. The summed E-state index contributed by atoms with van der Waals surface area (Å²) in [4.78, 5) is 0. The van der Waals surface area contributed by atoms with Gasteiger partial charge in [-0.25, -0.2) is 8.78 Å². The molecule has 0 aliphatic rings. The van der Waals surface area contributed by atoms with Gasteiger partial charge in [0.15, 0.2) is 0 Å². The van der Waals surface area contributed by atoms with E-state index in [1.807, 2.05) is 0 Å². The van der Waals surface area contributed by atoms with Crippen LogP contribution in [-0.2, 0) is 0 Å². The predicted octanol–water partition coefficient (Wildman–Crippen LogP) is 2.22.